The molecule has 0 N–H and O–H groups in total. The van der Waals surface area contributed by atoms with Crippen LogP contribution in [0.2, 0.25) is 0 Å². The molecule has 21 heavy (non-hydrogen) atoms. The van der Waals surface area contributed by atoms with Crippen LogP contribution in [0.4, 0.5) is 0 Å². The first kappa shape index (κ1) is 16.2. The van der Waals surface area contributed by atoms with Gasteiger partial charge in [0.2, 0.25) is 0 Å². The zero-order chi connectivity index (χ0) is 16.0. The first-order valence-corrected chi connectivity index (χ1v) is 8.28. The summed E-state index contributed by atoms with van der Waals surface area (Å²) < 4.78 is 0. The number of aryl methyl sites for hydroxylation is 2. The highest BCUT2D eigenvalue weighted by Gasteiger charge is 2.26. The molecule has 3 heteroatoms. The van der Waals surface area contributed by atoms with Gasteiger partial charge in [-0.05, 0) is 26.0 Å². The molecule has 2 aromatic rings. The molecule has 0 aliphatic carbocycles. The molecule has 0 unspecified atom stereocenters. The monoisotopic (exact) mass is 302 g/mol. The summed E-state index contributed by atoms with van der Waals surface area (Å²) in [5.41, 5.74) is 4.74. The predicted octanol–water partition coefficient (Wildman–Crippen LogP) is 5.42. The average molecular weight is 302 g/mol. The summed E-state index contributed by atoms with van der Waals surface area (Å²) in [5.74, 6) is 0. The van der Waals surface area contributed by atoms with E-state index in [2.05, 4.69) is 72.5 Å². The van der Waals surface area contributed by atoms with Crippen LogP contribution in [0, 0.1) is 13.8 Å². The van der Waals surface area contributed by atoms with Crippen LogP contribution in [0.5, 0.6) is 0 Å². The third kappa shape index (κ3) is 3.34. The van der Waals surface area contributed by atoms with Crippen molar-refractivity contribution in [1.82, 2.24) is 9.97 Å². The lowest BCUT2D eigenvalue weighted by Gasteiger charge is -2.26. The highest BCUT2D eigenvalue weighted by Crippen LogP contribution is 2.37. The average Bonchev–Trinajstić information content (AvgIpc) is 2.65. The van der Waals surface area contributed by atoms with Crippen molar-refractivity contribution in [2.24, 2.45) is 0 Å². The number of hydrogen-bond donors (Lipinski definition) is 0. The topological polar surface area (TPSA) is 25.8 Å². The first-order chi connectivity index (χ1) is 9.50. The van der Waals surface area contributed by atoms with E-state index in [4.69, 9.17) is 4.98 Å². The molecule has 0 spiro atoms. The predicted molar refractivity (Wildman–Crippen MR) is 92.2 cm³/mol. The molecule has 0 saturated heterocycles. The van der Waals surface area contributed by atoms with Gasteiger partial charge in [0.15, 0.2) is 0 Å². The number of aromatic nitrogens is 2. The second-order valence-electron chi connectivity index (χ2n) is 7.74. The summed E-state index contributed by atoms with van der Waals surface area (Å²) in [5, 5.41) is 1.11. The van der Waals surface area contributed by atoms with E-state index < -0.39 is 0 Å². The molecule has 0 bridgehead atoms. The maximum atomic E-state index is 5.02. The number of rotatable bonds is 1. The number of hydrogen-bond acceptors (Lipinski definition) is 3. The van der Waals surface area contributed by atoms with Gasteiger partial charge in [-0.15, -0.1) is 11.3 Å². The zero-order valence-corrected chi connectivity index (χ0v) is 15.3. The van der Waals surface area contributed by atoms with Gasteiger partial charge in [0, 0.05) is 22.1 Å². The lowest BCUT2D eigenvalue weighted by molar-refractivity contribution is 0.532. The molecule has 0 aliphatic rings. The Balaban J connectivity index is 2.70. The number of nitrogens with zero attached hydrogens (tertiary/aromatic N) is 2. The van der Waals surface area contributed by atoms with Crippen LogP contribution >= 0.6 is 11.3 Å². The van der Waals surface area contributed by atoms with Gasteiger partial charge in [-0.25, -0.2) is 4.98 Å². The minimum Gasteiger partial charge on any atom is -0.256 e. The van der Waals surface area contributed by atoms with Gasteiger partial charge in [-0.2, -0.15) is 0 Å². The molecule has 0 aromatic carbocycles. The van der Waals surface area contributed by atoms with E-state index in [9.17, 15) is 0 Å². The largest absolute Gasteiger partial charge is 0.256 e. The third-order valence-electron chi connectivity index (χ3n) is 3.52. The molecule has 0 fully saturated rings. The third-order valence-corrected chi connectivity index (χ3v) is 4.63. The molecule has 0 atom stereocenters. The van der Waals surface area contributed by atoms with Crippen molar-refractivity contribution in [3.63, 3.8) is 0 Å². The molecule has 0 radical (unpaired) electrons. The fourth-order valence-electron chi connectivity index (χ4n) is 2.41. The fourth-order valence-corrected chi connectivity index (χ4v) is 3.36. The molecular weight excluding hydrogens is 276 g/mol. The Morgan fingerprint density at radius 3 is 1.90 bits per heavy atom. The minimum absolute atomic E-state index is 0.0148. The van der Waals surface area contributed by atoms with E-state index >= 15 is 0 Å². The minimum atomic E-state index is 0.0148. The van der Waals surface area contributed by atoms with Crippen molar-refractivity contribution < 1.29 is 0 Å². The van der Waals surface area contributed by atoms with Gasteiger partial charge in [0.25, 0.3) is 0 Å². The van der Waals surface area contributed by atoms with E-state index in [1.54, 1.807) is 11.3 Å². The molecule has 0 saturated carbocycles. The molecule has 0 amide bonds. The van der Waals surface area contributed by atoms with Gasteiger partial charge in [-0.3, -0.25) is 4.98 Å². The Morgan fingerprint density at radius 1 is 0.857 bits per heavy atom. The van der Waals surface area contributed by atoms with Crippen LogP contribution in [0.25, 0.3) is 10.4 Å². The number of thiazole rings is 1. The SMILES string of the molecule is Cc1nc(C)c(-c2ccc(C(C)(C)C)nc2C(C)(C)C)s1. The molecular formula is C18H26N2S. The lowest BCUT2D eigenvalue weighted by atomic mass is 9.85. The van der Waals surface area contributed by atoms with Crippen LogP contribution < -0.4 is 0 Å². The molecule has 2 nitrogen and oxygen atoms in total. The van der Waals surface area contributed by atoms with Gasteiger partial charge in [0.1, 0.15) is 0 Å². The Labute approximate surface area is 132 Å². The maximum absolute atomic E-state index is 5.02. The lowest BCUT2D eigenvalue weighted by Crippen LogP contribution is -2.20. The highest BCUT2D eigenvalue weighted by molar-refractivity contribution is 7.15. The standard InChI is InChI=1S/C18H26N2S/c1-11-15(21-12(2)19-11)13-9-10-14(17(3,4)5)20-16(13)18(6,7)8/h9-10H,1-8H3. The van der Waals surface area contributed by atoms with Gasteiger partial charge < -0.3 is 0 Å². The van der Waals surface area contributed by atoms with Crippen molar-refractivity contribution in [2.45, 2.75) is 66.2 Å². The Kier molecular flexibility index (Phi) is 4.00. The van der Waals surface area contributed by atoms with E-state index in [1.807, 2.05) is 0 Å². The van der Waals surface area contributed by atoms with Gasteiger partial charge in [0.05, 0.1) is 21.3 Å². The molecule has 2 heterocycles. The normalized spacial score (nSPS) is 12.8. The Bertz CT molecular complexity index is 655. The first-order valence-electron chi connectivity index (χ1n) is 7.46. The van der Waals surface area contributed by atoms with Crippen LogP contribution in [-0.2, 0) is 10.8 Å². The van der Waals surface area contributed by atoms with Crippen LogP contribution in [-0.4, -0.2) is 9.97 Å². The summed E-state index contributed by atoms with van der Waals surface area (Å²) in [4.78, 5) is 10.8. The maximum Gasteiger partial charge on any atom is 0.0903 e. The summed E-state index contributed by atoms with van der Waals surface area (Å²) in [6.45, 7) is 17.5. The van der Waals surface area contributed by atoms with Crippen molar-refractivity contribution in [2.75, 3.05) is 0 Å². The quantitative estimate of drug-likeness (QED) is 0.703. The Morgan fingerprint density at radius 2 is 1.48 bits per heavy atom. The van der Waals surface area contributed by atoms with Gasteiger partial charge >= 0.3 is 0 Å². The molecule has 114 valence electrons. The summed E-state index contributed by atoms with van der Waals surface area (Å²) in [7, 11) is 0. The number of pyridine rings is 1. The summed E-state index contributed by atoms with van der Waals surface area (Å²) >= 11 is 1.76. The second kappa shape index (κ2) is 5.20. The van der Waals surface area contributed by atoms with E-state index in [-0.39, 0.29) is 10.8 Å². The zero-order valence-electron chi connectivity index (χ0n) is 14.5. The van der Waals surface area contributed by atoms with Crippen LogP contribution in [0.1, 0.15) is 63.6 Å². The highest BCUT2D eigenvalue weighted by atomic mass is 32.1. The van der Waals surface area contributed by atoms with E-state index in [0.717, 1.165) is 16.4 Å². The van der Waals surface area contributed by atoms with E-state index in [1.165, 1.54) is 16.1 Å². The van der Waals surface area contributed by atoms with Crippen LogP contribution in [0.15, 0.2) is 12.1 Å². The smallest absolute Gasteiger partial charge is 0.0903 e. The fraction of sp³-hybridized carbons (Fsp3) is 0.556. The molecule has 0 aliphatic heterocycles. The summed E-state index contributed by atoms with van der Waals surface area (Å²) in [6, 6.07) is 4.40. The van der Waals surface area contributed by atoms with Crippen LogP contribution in [0.3, 0.4) is 0 Å². The van der Waals surface area contributed by atoms with Crippen molar-refractivity contribution in [3.8, 4) is 10.4 Å². The second-order valence-corrected chi connectivity index (χ2v) is 8.94. The van der Waals surface area contributed by atoms with Crippen molar-refractivity contribution in [3.05, 3.63) is 34.2 Å². The Hall–Kier alpha value is -1.22. The molecule has 2 rings (SSSR count). The summed E-state index contributed by atoms with van der Waals surface area (Å²) in [6.07, 6.45) is 0. The molecule has 2 aromatic heterocycles. The van der Waals surface area contributed by atoms with Crippen molar-refractivity contribution in [1.29, 1.82) is 0 Å². The van der Waals surface area contributed by atoms with E-state index in [0.29, 0.717) is 0 Å². The van der Waals surface area contributed by atoms with Gasteiger partial charge in [-0.1, -0.05) is 41.5 Å². The van der Waals surface area contributed by atoms with Crippen molar-refractivity contribution >= 4 is 11.3 Å².